The van der Waals surface area contributed by atoms with Crippen LogP contribution in [0.2, 0.25) is 0 Å². The van der Waals surface area contributed by atoms with E-state index in [1.165, 1.54) is 16.7 Å². The van der Waals surface area contributed by atoms with Gasteiger partial charge >= 0.3 is 0 Å². The van der Waals surface area contributed by atoms with Crippen molar-refractivity contribution in [3.8, 4) is 0 Å². The Bertz CT molecular complexity index is 289. The molecule has 15 heavy (non-hydrogen) atoms. The van der Waals surface area contributed by atoms with Crippen LogP contribution in [0.25, 0.3) is 0 Å². The van der Waals surface area contributed by atoms with E-state index in [1.54, 1.807) is 7.11 Å². The number of halogens is 1. The van der Waals surface area contributed by atoms with Gasteiger partial charge < -0.3 is 4.74 Å². The molecule has 84 valence electrons. The number of benzene rings is 1. The SMILES string of the molecule is COCC(Br)CCc1cc(C)cc(C)c1. The monoisotopic (exact) mass is 270 g/mol. The van der Waals surface area contributed by atoms with Crippen molar-refractivity contribution in [2.75, 3.05) is 13.7 Å². The molecule has 2 heteroatoms. The first kappa shape index (κ1) is 12.7. The van der Waals surface area contributed by atoms with Gasteiger partial charge in [0.15, 0.2) is 0 Å². The Labute approximate surface area is 101 Å². The van der Waals surface area contributed by atoms with Crippen LogP contribution in [0.4, 0.5) is 0 Å². The lowest BCUT2D eigenvalue weighted by Gasteiger charge is -2.09. The molecule has 1 rings (SSSR count). The molecule has 0 fully saturated rings. The van der Waals surface area contributed by atoms with Crippen LogP contribution in [0.5, 0.6) is 0 Å². The molecule has 0 bridgehead atoms. The summed E-state index contributed by atoms with van der Waals surface area (Å²) in [4.78, 5) is 0.461. The van der Waals surface area contributed by atoms with Crippen molar-refractivity contribution in [2.24, 2.45) is 0 Å². The van der Waals surface area contributed by atoms with Crippen LogP contribution < -0.4 is 0 Å². The van der Waals surface area contributed by atoms with Crippen molar-refractivity contribution in [1.29, 1.82) is 0 Å². The summed E-state index contributed by atoms with van der Waals surface area (Å²) in [7, 11) is 1.74. The summed E-state index contributed by atoms with van der Waals surface area (Å²) in [5, 5.41) is 0. The number of alkyl halides is 1. The maximum atomic E-state index is 5.09. The standard InChI is InChI=1S/C13H19BrO/c1-10-6-11(2)8-12(7-10)4-5-13(14)9-15-3/h6-8,13H,4-5,9H2,1-3H3. The van der Waals surface area contributed by atoms with Crippen molar-refractivity contribution < 1.29 is 4.74 Å². The number of aryl methyl sites for hydroxylation is 3. The van der Waals surface area contributed by atoms with E-state index in [4.69, 9.17) is 4.74 Å². The van der Waals surface area contributed by atoms with Crippen LogP contribution in [0, 0.1) is 13.8 Å². The van der Waals surface area contributed by atoms with E-state index in [2.05, 4.69) is 48.0 Å². The molecule has 0 aliphatic rings. The van der Waals surface area contributed by atoms with Gasteiger partial charge in [0.1, 0.15) is 0 Å². The van der Waals surface area contributed by atoms with Gasteiger partial charge in [-0.1, -0.05) is 45.3 Å². The molecule has 0 amide bonds. The van der Waals surface area contributed by atoms with E-state index in [9.17, 15) is 0 Å². The maximum Gasteiger partial charge on any atom is 0.0587 e. The highest BCUT2D eigenvalue weighted by molar-refractivity contribution is 9.09. The Morgan fingerprint density at radius 2 is 1.80 bits per heavy atom. The van der Waals surface area contributed by atoms with Crippen molar-refractivity contribution >= 4 is 15.9 Å². The van der Waals surface area contributed by atoms with Gasteiger partial charge in [-0.05, 0) is 32.3 Å². The summed E-state index contributed by atoms with van der Waals surface area (Å²) in [6.45, 7) is 5.08. The predicted molar refractivity (Wildman–Crippen MR) is 68.8 cm³/mol. The molecule has 1 atom stereocenters. The summed E-state index contributed by atoms with van der Waals surface area (Å²) in [6.07, 6.45) is 2.23. The molecule has 0 N–H and O–H groups in total. The molecule has 0 radical (unpaired) electrons. The lowest BCUT2D eigenvalue weighted by atomic mass is 10.0. The van der Waals surface area contributed by atoms with Crippen molar-refractivity contribution in [3.63, 3.8) is 0 Å². The number of methoxy groups -OCH3 is 1. The lowest BCUT2D eigenvalue weighted by molar-refractivity contribution is 0.198. The zero-order chi connectivity index (χ0) is 11.3. The van der Waals surface area contributed by atoms with Crippen LogP contribution >= 0.6 is 15.9 Å². The molecule has 0 aliphatic carbocycles. The van der Waals surface area contributed by atoms with E-state index in [0.29, 0.717) is 4.83 Å². The molecule has 0 saturated carbocycles. The van der Waals surface area contributed by atoms with Crippen LogP contribution in [0.3, 0.4) is 0 Å². The highest BCUT2D eigenvalue weighted by Gasteiger charge is 2.04. The largest absolute Gasteiger partial charge is 0.384 e. The number of hydrogen-bond acceptors (Lipinski definition) is 1. The second kappa shape index (κ2) is 6.29. The minimum absolute atomic E-state index is 0.461. The predicted octanol–water partition coefficient (Wildman–Crippen LogP) is 3.65. The molecular formula is C13H19BrO. The number of hydrogen-bond donors (Lipinski definition) is 0. The molecule has 1 unspecified atom stereocenters. The summed E-state index contributed by atoms with van der Waals surface area (Å²) in [5.74, 6) is 0. The van der Waals surface area contributed by atoms with Crippen molar-refractivity contribution in [1.82, 2.24) is 0 Å². The fraction of sp³-hybridized carbons (Fsp3) is 0.538. The van der Waals surface area contributed by atoms with Gasteiger partial charge in [-0.25, -0.2) is 0 Å². The Kier molecular flexibility index (Phi) is 5.34. The van der Waals surface area contributed by atoms with E-state index in [1.807, 2.05) is 0 Å². The number of ether oxygens (including phenoxy) is 1. The van der Waals surface area contributed by atoms with Gasteiger partial charge in [0.05, 0.1) is 6.61 Å². The zero-order valence-corrected chi connectivity index (χ0v) is 11.3. The third-order valence-electron chi connectivity index (χ3n) is 2.38. The highest BCUT2D eigenvalue weighted by Crippen LogP contribution is 2.14. The Morgan fingerprint density at radius 3 is 2.33 bits per heavy atom. The molecular weight excluding hydrogens is 252 g/mol. The fourth-order valence-electron chi connectivity index (χ4n) is 1.80. The average molecular weight is 271 g/mol. The van der Waals surface area contributed by atoms with Crippen LogP contribution in [-0.2, 0) is 11.2 Å². The molecule has 0 aliphatic heterocycles. The molecule has 1 aromatic carbocycles. The first-order valence-electron chi connectivity index (χ1n) is 5.32. The fourth-order valence-corrected chi connectivity index (χ4v) is 2.29. The number of rotatable bonds is 5. The summed E-state index contributed by atoms with van der Waals surface area (Å²) in [5.41, 5.74) is 4.12. The maximum absolute atomic E-state index is 5.09. The van der Waals surface area contributed by atoms with Crippen LogP contribution in [0.1, 0.15) is 23.1 Å². The molecule has 1 aromatic rings. The van der Waals surface area contributed by atoms with E-state index >= 15 is 0 Å². The Balaban J connectivity index is 2.50. The van der Waals surface area contributed by atoms with E-state index < -0.39 is 0 Å². The van der Waals surface area contributed by atoms with Gasteiger partial charge in [-0.3, -0.25) is 0 Å². The summed E-state index contributed by atoms with van der Waals surface area (Å²) >= 11 is 3.61. The lowest BCUT2D eigenvalue weighted by Crippen LogP contribution is -2.07. The van der Waals surface area contributed by atoms with Crippen molar-refractivity contribution in [3.05, 3.63) is 34.9 Å². The van der Waals surface area contributed by atoms with Crippen LogP contribution in [0.15, 0.2) is 18.2 Å². The highest BCUT2D eigenvalue weighted by atomic mass is 79.9. The average Bonchev–Trinajstić information content (AvgIpc) is 2.14. The molecule has 0 aromatic heterocycles. The third kappa shape index (κ3) is 4.80. The summed E-state index contributed by atoms with van der Waals surface area (Å²) < 4.78 is 5.09. The quantitative estimate of drug-likeness (QED) is 0.743. The van der Waals surface area contributed by atoms with E-state index in [0.717, 1.165) is 19.4 Å². The van der Waals surface area contributed by atoms with Gasteiger partial charge in [0, 0.05) is 11.9 Å². The van der Waals surface area contributed by atoms with Gasteiger partial charge in [-0.15, -0.1) is 0 Å². The zero-order valence-electron chi connectivity index (χ0n) is 9.72. The van der Waals surface area contributed by atoms with Gasteiger partial charge in [-0.2, -0.15) is 0 Å². The minimum Gasteiger partial charge on any atom is -0.384 e. The van der Waals surface area contributed by atoms with E-state index in [-0.39, 0.29) is 0 Å². The third-order valence-corrected chi connectivity index (χ3v) is 3.10. The Morgan fingerprint density at radius 1 is 1.20 bits per heavy atom. The first-order chi connectivity index (χ1) is 7.11. The van der Waals surface area contributed by atoms with Crippen LogP contribution in [-0.4, -0.2) is 18.5 Å². The molecule has 0 heterocycles. The molecule has 0 spiro atoms. The Hall–Kier alpha value is -0.340. The normalized spacial score (nSPS) is 12.8. The van der Waals surface area contributed by atoms with Gasteiger partial charge in [0.2, 0.25) is 0 Å². The first-order valence-corrected chi connectivity index (χ1v) is 6.23. The minimum atomic E-state index is 0.461. The second-order valence-electron chi connectivity index (χ2n) is 4.09. The topological polar surface area (TPSA) is 9.23 Å². The molecule has 1 nitrogen and oxygen atoms in total. The van der Waals surface area contributed by atoms with Crippen molar-refractivity contribution in [2.45, 2.75) is 31.5 Å². The summed E-state index contributed by atoms with van der Waals surface area (Å²) in [6, 6.07) is 6.74. The smallest absolute Gasteiger partial charge is 0.0587 e. The van der Waals surface area contributed by atoms with Gasteiger partial charge in [0.25, 0.3) is 0 Å². The molecule has 0 saturated heterocycles. The second-order valence-corrected chi connectivity index (χ2v) is 5.38.